The maximum Gasteiger partial charge on any atom is 0.252 e. The topological polar surface area (TPSA) is 92.8 Å². The van der Waals surface area contributed by atoms with Crippen LogP contribution in [-0.4, -0.2) is 30.1 Å². The molecule has 0 radical (unpaired) electrons. The van der Waals surface area contributed by atoms with Crippen LogP contribution in [-0.2, 0) is 18.6 Å². The van der Waals surface area contributed by atoms with Gasteiger partial charge >= 0.3 is 0 Å². The number of H-pyrrole nitrogens is 1. The lowest BCUT2D eigenvalue weighted by Crippen LogP contribution is -2.35. The number of pyridine rings is 1. The van der Waals surface area contributed by atoms with Crippen LogP contribution in [0.1, 0.15) is 69.3 Å². The number of hydrogen-bond donors (Lipinski definition) is 1. The van der Waals surface area contributed by atoms with Crippen molar-refractivity contribution in [2.45, 2.75) is 72.1 Å². The molecule has 0 aliphatic rings. The Bertz CT molecular complexity index is 1270. The standard InChI is InChI=1S/C25H32N6O2/c1-6-8-22(23-27-28-29-31(23)25(3,4)5)30(16-20-9-7-12-33-20)15-19-14-18-11-10-17(2)13-21(18)26-24(19)32/h7,9-14,22H,6,8,15-16H2,1-5H3,(H,26,32)/t22-/m0/s1. The van der Waals surface area contributed by atoms with E-state index in [0.717, 1.165) is 40.9 Å². The summed E-state index contributed by atoms with van der Waals surface area (Å²) in [5.74, 6) is 1.63. The van der Waals surface area contributed by atoms with Crippen LogP contribution in [0.4, 0.5) is 0 Å². The molecular weight excluding hydrogens is 416 g/mol. The number of aromatic nitrogens is 5. The van der Waals surface area contributed by atoms with E-state index in [0.29, 0.717) is 18.7 Å². The Morgan fingerprint density at radius 2 is 2.00 bits per heavy atom. The molecule has 4 aromatic rings. The van der Waals surface area contributed by atoms with Gasteiger partial charge in [-0.3, -0.25) is 9.69 Å². The van der Waals surface area contributed by atoms with Gasteiger partial charge in [0.15, 0.2) is 5.82 Å². The van der Waals surface area contributed by atoms with E-state index < -0.39 is 0 Å². The number of aryl methyl sites for hydroxylation is 1. The summed E-state index contributed by atoms with van der Waals surface area (Å²) in [6, 6.07) is 11.8. The van der Waals surface area contributed by atoms with Gasteiger partial charge in [-0.1, -0.05) is 25.5 Å². The highest BCUT2D eigenvalue weighted by Crippen LogP contribution is 2.30. The molecule has 0 saturated heterocycles. The van der Waals surface area contributed by atoms with Crippen molar-refractivity contribution in [3.63, 3.8) is 0 Å². The molecule has 33 heavy (non-hydrogen) atoms. The third-order valence-electron chi connectivity index (χ3n) is 5.82. The molecule has 0 aliphatic carbocycles. The van der Waals surface area contributed by atoms with Gasteiger partial charge < -0.3 is 9.40 Å². The van der Waals surface area contributed by atoms with Crippen molar-refractivity contribution in [3.8, 4) is 0 Å². The minimum atomic E-state index is -0.264. The fourth-order valence-electron chi connectivity index (χ4n) is 4.20. The monoisotopic (exact) mass is 448 g/mol. The predicted molar refractivity (Wildman–Crippen MR) is 128 cm³/mol. The second kappa shape index (κ2) is 9.31. The second-order valence-electron chi connectivity index (χ2n) is 9.62. The molecule has 0 spiro atoms. The molecule has 0 saturated carbocycles. The van der Waals surface area contributed by atoms with Gasteiger partial charge in [-0.25, -0.2) is 4.68 Å². The molecule has 174 valence electrons. The van der Waals surface area contributed by atoms with Gasteiger partial charge in [0, 0.05) is 17.6 Å². The van der Waals surface area contributed by atoms with Crippen LogP contribution in [0.25, 0.3) is 10.9 Å². The summed E-state index contributed by atoms with van der Waals surface area (Å²) in [4.78, 5) is 18.3. The summed E-state index contributed by atoms with van der Waals surface area (Å²) in [5, 5.41) is 13.7. The molecule has 0 unspecified atom stereocenters. The maximum absolute atomic E-state index is 13.0. The van der Waals surface area contributed by atoms with E-state index >= 15 is 0 Å². The number of rotatable bonds is 8. The van der Waals surface area contributed by atoms with Crippen molar-refractivity contribution in [1.29, 1.82) is 0 Å². The summed E-state index contributed by atoms with van der Waals surface area (Å²) < 4.78 is 7.56. The lowest BCUT2D eigenvalue weighted by atomic mass is 10.0. The van der Waals surface area contributed by atoms with Gasteiger partial charge in [0.2, 0.25) is 0 Å². The van der Waals surface area contributed by atoms with Crippen molar-refractivity contribution < 1.29 is 4.42 Å². The SMILES string of the molecule is CCC[C@@H](c1nnnn1C(C)(C)C)N(Cc1ccco1)Cc1cc2ccc(C)cc2[nH]c1=O. The fourth-order valence-corrected chi connectivity index (χ4v) is 4.20. The zero-order chi connectivity index (χ0) is 23.6. The van der Waals surface area contributed by atoms with Gasteiger partial charge in [0.1, 0.15) is 5.76 Å². The van der Waals surface area contributed by atoms with Crippen molar-refractivity contribution in [2.75, 3.05) is 0 Å². The molecule has 1 N–H and O–H groups in total. The molecule has 8 nitrogen and oxygen atoms in total. The highest BCUT2D eigenvalue weighted by Gasteiger charge is 2.30. The van der Waals surface area contributed by atoms with Crippen LogP contribution < -0.4 is 5.56 Å². The first-order valence-corrected chi connectivity index (χ1v) is 11.4. The molecular formula is C25H32N6O2. The van der Waals surface area contributed by atoms with Gasteiger partial charge in [0.25, 0.3) is 5.56 Å². The molecule has 1 aromatic carbocycles. The molecule has 3 heterocycles. The third kappa shape index (κ3) is 5.06. The number of tetrazole rings is 1. The first-order valence-electron chi connectivity index (χ1n) is 11.4. The Morgan fingerprint density at radius 1 is 1.18 bits per heavy atom. The third-order valence-corrected chi connectivity index (χ3v) is 5.82. The Morgan fingerprint density at radius 3 is 2.70 bits per heavy atom. The minimum absolute atomic E-state index is 0.0804. The van der Waals surface area contributed by atoms with E-state index in [2.05, 4.69) is 59.2 Å². The Hall–Kier alpha value is -3.26. The van der Waals surface area contributed by atoms with Crippen LogP contribution in [0.5, 0.6) is 0 Å². The van der Waals surface area contributed by atoms with E-state index in [1.54, 1.807) is 6.26 Å². The Labute approximate surface area is 193 Å². The number of nitrogens with one attached hydrogen (secondary N) is 1. The molecule has 8 heteroatoms. The van der Waals surface area contributed by atoms with Gasteiger partial charge in [-0.15, -0.1) is 5.10 Å². The summed E-state index contributed by atoms with van der Waals surface area (Å²) in [7, 11) is 0. The van der Waals surface area contributed by atoms with Crippen LogP contribution >= 0.6 is 0 Å². The first-order chi connectivity index (χ1) is 15.8. The van der Waals surface area contributed by atoms with Gasteiger partial charge in [-0.05, 0) is 79.8 Å². The van der Waals surface area contributed by atoms with E-state index in [-0.39, 0.29) is 17.1 Å². The highest BCUT2D eigenvalue weighted by molar-refractivity contribution is 5.79. The normalized spacial score (nSPS) is 13.2. The smallest absolute Gasteiger partial charge is 0.252 e. The minimum Gasteiger partial charge on any atom is -0.468 e. The average Bonchev–Trinajstić information content (AvgIpc) is 3.44. The Balaban J connectivity index is 1.77. The lowest BCUT2D eigenvalue weighted by molar-refractivity contribution is 0.138. The fraction of sp³-hybridized carbons (Fsp3) is 0.440. The number of nitrogens with zero attached hydrogens (tertiary/aromatic N) is 5. The van der Waals surface area contributed by atoms with E-state index in [1.165, 1.54) is 0 Å². The lowest BCUT2D eigenvalue weighted by Gasteiger charge is -2.32. The molecule has 0 amide bonds. The summed E-state index contributed by atoms with van der Waals surface area (Å²) in [6.07, 6.45) is 3.47. The van der Waals surface area contributed by atoms with Crippen LogP contribution in [0.3, 0.4) is 0 Å². The molecule has 1 atom stereocenters. The van der Waals surface area contributed by atoms with E-state index in [9.17, 15) is 4.79 Å². The second-order valence-corrected chi connectivity index (χ2v) is 9.62. The molecule has 0 aliphatic heterocycles. The van der Waals surface area contributed by atoms with Crippen LogP contribution in [0.15, 0.2) is 51.9 Å². The van der Waals surface area contributed by atoms with E-state index in [4.69, 9.17) is 4.42 Å². The summed E-state index contributed by atoms with van der Waals surface area (Å²) in [5.41, 5.74) is 2.32. The van der Waals surface area contributed by atoms with E-state index in [1.807, 2.05) is 41.9 Å². The van der Waals surface area contributed by atoms with Crippen molar-refractivity contribution in [2.24, 2.45) is 0 Å². The number of aromatic amines is 1. The predicted octanol–water partition coefficient (Wildman–Crippen LogP) is 4.71. The quantitative estimate of drug-likeness (QED) is 0.419. The van der Waals surface area contributed by atoms with Gasteiger partial charge in [-0.2, -0.15) is 0 Å². The number of fused-ring (bicyclic) bond motifs is 1. The van der Waals surface area contributed by atoms with Crippen LogP contribution in [0.2, 0.25) is 0 Å². The summed E-state index contributed by atoms with van der Waals surface area (Å²) in [6.45, 7) is 11.4. The molecule has 0 fully saturated rings. The highest BCUT2D eigenvalue weighted by atomic mass is 16.3. The zero-order valence-corrected chi connectivity index (χ0v) is 20.0. The van der Waals surface area contributed by atoms with Gasteiger partial charge in [0.05, 0.1) is 24.4 Å². The Kier molecular flexibility index (Phi) is 6.47. The van der Waals surface area contributed by atoms with Crippen molar-refractivity contribution >= 4 is 10.9 Å². The van der Waals surface area contributed by atoms with Crippen LogP contribution in [0, 0.1) is 6.92 Å². The van der Waals surface area contributed by atoms with Crippen molar-refractivity contribution in [3.05, 3.63) is 75.7 Å². The maximum atomic E-state index is 13.0. The molecule has 4 rings (SSSR count). The van der Waals surface area contributed by atoms with Crippen molar-refractivity contribution in [1.82, 2.24) is 30.1 Å². The number of hydrogen-bond acceptors (Lipinski definition) is 6. The average molecular weight is 449 g/mol. The largest absolute Gasteiger partial charge is 0.468 e. The molecule has 3 aromatic heterocycles. The number of furan rings is 1. The number of benzene rings is 1. The first kappa shape index (κ1) is 22.9. The zero-order valence-electron chi connectivity index (χ0n) is 20.0. The molecule has 0 bridgehead atoms. The summed E-state index contributed by atoms with van der Waals surface area (Å²) >= 11 is 0.